The summed E-state index contributed by atoms with van der Waals surface area (Å²) < 4.78 is 12.9. The maximum Gasteiger partial charge on any atom is 0.186 e. The first kappa shape index (κ1) is 11.2. The van der Waals surface area contributed by atoms with Crippen LogP contribution >= 0.6 is 22.9 Å². The first-order valence-electron chi connectivity index (χ1n) is 4.52. The summed E-state index contributed by atoms with van der Waals surface area (Å²) in [7, 11) is 0. The molecule has 1 aromatic carbocycles. The number of hydrogen-bond acceptors (Lipinski definition) is 3. The molecule has 2 rings (SSSR count). The number of Topliss-reactive ketones (excluding diaryl/α,β-unsaturated/α-hetero) is 1. The fraction of sp³-hybridized carbons (Fsp3) is 0.0909. The lowest BCUT2D eigenvalue weighted by atomic mass is 10.1. The topological polar surface area (TPSA) is 30.0 Å². The van der Waals surface area contributed by atoms with Gasteiger partial charge in [0, 0.05) is 11.8 Å². The van der Waals surface area contributed by atoms with Gasteiger partial charge in [0.15, 0.2) is 5.78 Å². The lowest BCUT2D eigenvalue weighted by Gasteiger charge is -2.00. The predicted octanol–water partition coefficient (Wildman–Crippen LogP) is 3.36. The summed E-state index contributed by atoms with van der Waals surface area (Å²) in [4.78, 5) is 15.6. The third-order valence-electron chi connectivity index (χ3n) is 2.07. The highest BCUT2D eigenvalue weighted by molar-refractivity contribution is 7.07. The molecular weight excluding hydrogens is 249 g/mol. The molecule has 82 valence electrons. The Labute approximate surface area is 101 Å². The number of thiazole rings is 1. The number of carbonyl (C=O) groups excluding carboxylic acids is 1. The molecule has 0 aliphatic heterocycles. The van der Waals surface area contributed by atoms with Crippen molar-refractivity contribution in [3.05, 3.63) is 51.2 Å². The van der Waals surface area contributed by atoms with Crippen molar-refractivity contribution in [2.45, 2.75) is 6.42 Å². The summed E-state index contributed by atoms with van der Waals surface area (Å²) in [5.41, 5.74) is 2.72. The maximum atomic E-state index is 12.9. The summed E-state index contributed by atoms with van der Waals surface area (Å²) in [5.74, 6) is -0.574. The van der Waals surface area contributed by atoms with Gasteiger partial charge in [-0.3, -0.25) is 4.79 Å². The molecule has 0 radical (unpaired) electrons. The Morgan fingerprint density at radius 3 is 2.94 bits per heavy atom. The molecule has 0 aliphatic rings. The van der Waals surface area contributed by atoms with E-state index < -0.39 is 5.82 Å². The van der Waals surface area contributed by atoms with Crippen molar-refractivity contribution in [3.8, 4) is 0 Å². The number of benzene rings is 1. The third kappa shape index (κ3) is 2.46. The Hall–Kier alpha value is -1.26. The van der Waals surface area contributed by atoms with Gasteiger partial charge in [-0.1, -0.05) is 17.7 Å². The number of rotatable bonds is 3. The summed E-state index contributed by atoms with van der Waals surface area (Å²) >= 11 is 6.99. The van der Waals surface area contributed by atoms with Gasteiger partial charge in [0.1, 0.15) is 11.5 Å². The molecule has 0 N–H and O–H groups in total. The Balaban J connectivity index is 2.15. The first-order valence-corrected chi connectivity index (χ1v) is 5.84. The van der Waals surface area contributed by atoms with Gasteiger partial charge in [-0.05, 0) is 17.7 Å². The zero-order valence-corrected chi connectivity index (χ0v) is 9.69. The largest absolute Gasteiger partial charge is 0.292 e. The lowest BCUT2D eigenvalue weighted by molar-refractivity contribution is 0.0989. The average Bonchev–Trinajstić information content (AvgIpc) is 2.77. The number of carbonyl (C=O) groups is 1. The van der Waals surface area contributed by atoms with E-state index in [4.69, 9.17) is 11.6 Å². The molecule has 2 aromatic rings. The molecular formula is C11H7ClFNOS. The molecule has 1 aromatic heterocycles. The van der Waals surface area contributed by atoms with E-state index in [0.29, 0.717) is 11.3 Å². The van der Waals surface area contributed by atoms with Crippen LogP contribution < -0.4 is 0 Å². The van der Waals surface area contributed by atoms with Crippen molar-refractivity contribution in [2.24, 2.45) is 0 Å². The van der Waals surface area contributed by atoms with Crippen LogP contribution in [0.15, 0.2) is 29.1 Å². The summed E-state index contributed by atoms with van der Waals surface area (Å²) in [6.07, 6.45) is 0.184. The van der Waals surface area contributed by atoms with Gasteiger partial charge in [-0.2, -0.15) is 0 Å². The van der Waals surface area contributed by atoms with Gasteiger partial charge < -0.3 is 0 Å². The van der Waals surface area contributed by atoms with Crippen LogP contribution in [0.1, 0.15) is 16.1 Å². The highest BCUT2D eigenvalue weighted by Gasteiger charge is 2.10. The highest BCUT2D eigenvalue weighted by Crippen LogP contribution is 2.17. The molecule has 0 bridgehead atoms. The van der Waals surface area contributed by atoms with Crippen LogP contribution in [0.4, 0.5) is 4.39 Å². The second-order valence-corrected chi connectivity index (χ2v) is 4.35. The zero-order valence-electron chi connectivity index (χ0n) is 8.11. The van der Waals surface area contributed by atoms with Crippen molar-refractivity contribution in [2.75, 3.05) is 0 Å². The van der Waals surface area contributed by atoms with E-state index in [1.807, 2.05) is 0 Å². The molecule has 0 aliphatic carbocycles. The van der Waals surface area contributed by atoms with Crippen LogP contribution in [0.3, 0.4) is 0 Å². The van der Waals surface area contributed by atoms with Crippen LogP contribution in [-0.4, -0.2) is 10.8 Å². The maximum absolute atomic E-state index is 12.9. The second-order valence-electron chi connectivity index (χ2n) is 3.22. The fourth-order valence-corrected chi connectivity index (χ4v) is 2.04. The molecule has 0 atom stereocenters. The standard InChI is InChI=1S/C11H7ClFNOS/c12-8-3-7(1-2-9(8)13)4-11(15)10-5-16-6-14-10/h1-3,5-6H,4H2. The van der Waals surface area contributed by atoms with E-state index in [1.54, 1.807) is 17.0 Å². The molecule has 16 heavy (non-hydrogen) atoms. The first-order chi connectivity index (χ1) is 7.66. The van der Waals surface area contributed by atoms with Crippen molar-refractivity contribution < 1.29 is 9.18 Å². The quantitative estimate of drug-likeness (QED) is 0.787. The SMILES string of the molecule is O=C(Cc1ccc(F)c(Cl)c1)c1cscn1. The van der Waals surface area contributed by atoms with Gasteiger partial charge in [0.2, 0.25) is 0 Å². The van der Waals surface area contributed by atoms with Crippen LogP contribution in [0.5, 0.6) is 0 Å². The number of ketones is 1. The molecule has 5 heteroatoms. The fourth-order valence-electron chi connectivity index (χ4n) is 1.28. The summed E-state index contributed by atoms with van der Waals surface area (Å²) in [5, 5.41) is 1.72. The second kappa shape index (κ2) is 4.72. The number of halogens is 2. The zero-order chi connectivity index (χ0) is 11.5. The Kier molecular flexibility index (Phi) is 3.31. The smallest absolute Gasteiger partial charge is 0.186 e. The van der Waals surface area contributed by atoms with E-state index in [0.717, 1.165) is 0 Å². The minimum absolute atomic E-state index is 0.0311. The normalized spacial score (nSPS) is 10.4. The van der Waals surface area contributed by atoms with Crippen LogP contribution in [0.2, 0.25) is 5.02 Å². The van der Waals surface area contributed by atoms with Crippen molar-refractivity contribution in [1.29, 1.82) is 0 Å². The average molecular weight is 256 g/mol. The third-order valence-corrected chi connectivity index (χ3v) is 2.94. The lowest BCUT2D eigenvalue weighted by Crippen LogP contribution is -2.03. The van der Waals surface area contributed by atoms with Gasteiger partial charge >= 0.3 is 0 Å². The molecule has 0 amide bonds. The van der Waals surface area contributed by atoms with Gasteiger partial charge in [0.25, 0.3) is 0 Å². The minimum atomic E-state index is -0.480. The Morgan fingerprint density at radius 1 is 1.50 bits per heavy atom. The molecule has 0 unspecified atom stereocenters. The molecule has 2 nitrogen and oxygen atoms in total. The Morgan fingerprint density at radius 2 is 2.31 bits per heavy atom. The van der Waals surface area contributed by atoms with Crippen molar-refractivity contribution in [3.63, 3.8) is 0 Å². The highest BCUT2D eigenvalue weighted by atomic mass is 35.5. The number of hydrogen-bond donors (Lipinski definition) is 0. The monoisotopic (exact) mass is 255 g/mol. The predicted molar refractivity (Wildman–Crippen MR) is 61.6 cm³/mol. The van der Waals surface area contributed by atoms with E-state index in [9.17, 15) is 9.18 Å². The van der Waals surface area contributed by atoms with Gasteiger partial charge in [-0.25, -0.2) is 9.37 Å². The summed E-state index contributed by atoms with van der Waals surface area (Å²) in [6, 6.07) is 4.26. The summed E-state index contributed by atoms with van der Waals surface area (Å²) in [6.45, 7) is 0. The number of nitrogens with zero attached hydrogens (tertiary/aromatic N) is 1. The van der Waals surface area contributed by atoms with Gasteiger partial charge in [-0.15, -0.1) is 11.3 Å². The molecule has 0 saturated heterocycles. The van der Waals surface area contributed by atoms with Crippen LogP contribution in [0, 0.1) is 5.82 Å². The van der Waals surface area contributed by atoms with E-state index in [-0.39, 0.29) is 17.2 Å². The van der Waals surface area contributed by atoms with E-state index >= 15 is 0 Å². The minimum Gasteiger partial charge on any atom is -0.292 e. The van der Waals surface area contributed by atoms with E-state index in [2.05, 4.69) is 4.98 Å². The van der Waals surface area contributed by atoms with E-state index in [1.165, 1.54) is 23.5 Å². The van der Waals surface area contributed by atoms with Crippen LogP contribution in [0.25, 0.3) is 0 Å². The number of aromatic nitrogens is 1. The Bertz CT molecular complexity index is 513. The molecule has 0 spiro atoms. The van der Waals surface area contributed by atoms with Crippen molar-refractivity contribution >= 4 is 28.7 Å². The molecule has 0 saturated carbocycles. The molecule has 1 heterocycles. The van der Waals surface area contributed by atoms with Crippen LogP contribution in [-0.2, 0) is 6.42 Å². The van der Waals surface area contributed by atoms with Crippen molar-refractivity contribution in [1.82, 2.24) is 4.98 Å². The van der Waals surface area contributed by atoms with Gasteiger partial charge in [0.05, 0.1) is 10.5 Å². The molecule has 0 fully saturated rings.